The number of carbonyl (C=O) groups excluding carboxylic acids is 1. The van der Waals surface area contributed by atoms with Crippen LogP contribution in [0.15, 0.2) is 42.6 Å². The van der Waals surface area contributed by atoms with Crippen molar-refractivity contribution in [3.8, 4) is 5.75 Å². The van der Waals surface area contributed by atoms with E-state index in [4.69, 9.17) is 10.5 Å². The van der Waals surface area contributed by atoms with Crippen LogP contribution in [0, 0.1) is 5.92 Å². The summed E-state index contributed by atoms with van der Waals surface area (Å²) in [4.78, 5) is 16.1. The van der Waals surface area contributed by atoms with Gasteiger partial charge in [-0.05, 0) is 30.2 Å². The number of nitrogens with two attached hydrogens (primary N) is 1. The van der Waals surface area contributed by atoms with Crippen LogP contribution < -0.4 is 15.8 Å². The Balaban J connectivity index is 1.93. The Hall–Kier alpha value is -2.56. The summed E-state index contributed by atoms with van der Waals surface area (Å²) >= 11 is 0. The molecule has 2 rings (SSSR count). The molecule has 0 atom stereocenters. The highest BCUT2D eigenvalue weighted by Gasteiger charge is 2.06. The van der Waals surface area contributed by atoms with Crippen LogP contribution in [0.4, 0.5) is 11.4 Å². The van der Waals surface area contributed by atoms with Gasteiger partial charge in [-0.25, -0.2) is 0 Å². The van der Waals surface area contributed by atoms with E-state index in [2.05, 4.69) is 24.1 Å². The minimum absolute atomic E-state index is 0.127. The van der Waals surface area contributed by atoms with E-state index in [9.17, 15) is 4.79 Å². The molecule has 0 aliphatic heterocycles. The molecule has 0 fully saturated rings. The number of carbonyl (C=O) groups is 1. The lowest BCUT2D eigenvalue weighted by atomic mass is 10.2. The first-order valence-electron chi connectivity index (χ1n) is 7.26. The summed E-state index contributed by atoms with van der Waals surface area (Å²) in [6, 6.07) is 10.9. The molecule has 3 N–H and O–H groups in total. The molecular formula is C17H21N3O2. The van der Waals surface area contributed by atoms with E-state index < -0.39 is 0 Å². The highest BCUT2D eigenvalue weighted by molar-refractivity contribution is 5.92. The van der Waals surface area contributed by atoms with E-state index in [0.29, 0.717) is 29.6 Å². The molecular weight excluding hydrogens is 278 g/mol. The van der Waals surface area contributed by atoms with Crippen LogP contribution in [0.1, 0.15) is 19.5 Å². The van der Waals surface area contributed by atoms with Crippen molar-refractivity contribution >= 4 is 17.3 Å². The van der Waals surface area contributed by atoms with E-state index in [1.54, 1.807) is 18.3 Å². The van der Waals surface area contributed by atoms with Crippen molar-refractivity contribution in [1.29, 1.82) is 0 Å². The Morgan fingerprint density at radius 2 is 2.14 bits per heavy atom. The van der Waals surface area contributed by atoms with Gasteiger partial charge in [0.2, 0.25) is 5.91 Å². The van der Waals surface area contributed by atoms with Gasteiger partial charge >= 0.3 is 0 Å². The van der Waals surface area contributed by atoms with Gasteiger partial charge in [-0.3, -0.25) is 9.78 Å². The lowest BCUT2D eigenvalue weighted by Gasteiger charge is -2.10. The number of amides is 1. The summed E-state index contributed by atoms with van der Waals surface area (Å²) in [5.41, 5.74) is 7.54. The van der Waals surface area contributed by atoms with Gasteiger partial charge in [0.1, 0.15) is 5.75 Å². The predicted octanol–water partition coefficient (Wildman–Crippen LogP) is 2.88. The molecule has 1 heterocycles. The molecule has 0 aliphatic carbocycles. The fraction of sp³-hybridized carbons (Fsp3) is 0.294. The first kappa shape index (κ1) is 15.8. The normalized spacial score (nSPS) is 10.5. The second kappa shape index (κ2) is 7.45. The summed E-state index contributed by atoms with van der Waals surface area (Å²) in [5, 5.41) is 2.84. The summed E-state index contributed by atoms with van der Waals surface area (Å²) in [7, 11) is 0. The zero-order valence-electron chi connectivity index (χ0n) is 12.9. The summed E-state index contributed by atoms with van der Waals surface area (Å²) in [6.07, 6.45) is 1.75. The maximum absolute atomic E-state index is 12.0. The average molecular weight is 299 g/mol. The van der Waals surface area contributed by atoms with Crippen molar-refractivity contribution in [1.82, 2.24) is 4.98 Å². The number of nitrogen functional groups attached to an aromatic ring is 1. The molecule has 1 aromatic carbocycles. The van der Waals surface area contributed by atoms with Gasteiger partial charge in [-0.2, -0.15) is 0 Å². The molecule has 22 heavy (non-hydrogen) atoms. The van der Waals surface area contributed by atoms with E-state index in [1.807, 2.05) is 24.3 Å². The predicted molar refractivity (Wildman–Crippen MR) is 87.8 cm³/mol. The Bertz CT molecular complexity index is 624. The summed E-state index contributed by atoms with van der Waals surface area (Å²) < 4.78 is 5.64. The smallest absolute Gasteiger partial charge is 0.230 e. The molecule has 2 aromatic rings. The second-order valence-electron chi connectivity index (χ2n) is 5.54. The first-order chi connectivity index (χ1) is 10.5. The summed E-state index contributed by atoms with van der Waals surface area (Å²) in [6.45, 7) is 4.82. The number of ether oxygens (including phenoxy) is 1. The van der Waals surface area contributed by atoms with Gasteiger partial charge in [0.25, 0.3) is 0 Å². The van der Waals surface area contributed by atoms with Crippen LogP contribution in [0.3, 0.4) is 0 Å². The molecule has 0 bridgehead atoms. The molecule has 5 heteroatoms. The Morgan fingerprint density at radius 3 is 2.82 bits per heavy atom. The molecule has 0 radical (unpaired) electrons. The molecule has 0 saturated heterocycles. The molecule has 0 spiro atoms. The average Bonchev–Trinajstić information content (AvgIpc) is 2.48. The van der Waals surface area contributed by atoms with Gasteiger partial charge in [0.05, 0.1) is 24.9 Å². The molecule has 0 saturated carbocycles. The number of rotatable bonds is 6. The first-order valence-corrected chi connectivity index (χ1v) is 7.26. The third-order valence-corrected chi connectivity index (χ3v) is 2.89. The topological polar surface area (TPSA) is 77.2 Å². The van der Waals surface area contributed by atoms with Crippen LogP contribution in [-0.2, 0) is 11.2 Å². The van der Waals surface area contributed by atoms with Crippen molar-refractivity contribution in [3.05, 3.63) is 48.3 Å². The van der Waals surface area contributed by atoms with Gasteiger partial charge < -0.3 is 15.8 Å². The fourth-order valence-corrected chi connectivity index (χ4v) is 1.84. The molecule has 116 valence electrons. The maximum Gasteiger partial charge on any atom is 0.230 e. The molecule has 0 aliphatic rings. The molecule has 5 nitrogen and oxygen atoms in total. The van der Waals surface area contributed by atoms with Gasteiger partial charge in [-0.1, -0.05) is 19.9 Å². The van der Waals surface area contributed by atoms with Crippen molar-refractivity contribution < 1.29 is 9.53 Å². The lowest BCUT2D eigenvalue weighted by molar-refractivity contribution is -0.115. The Kier molecular flexibility index (Phi) is 5.36. The molecule has 1 amide bonds. The lowest BCUT2D eigenvalue weighted by Crippen LogP contribution is -2.15. The quantitative estimate of drug-likeness (QED) is 0.860. The maximum atomic E-state index is 12.0. The minimum atomic E-state index is -0.127. The number of nitrogens with one attached hydrogen (secondary N) is 1. The second-order valence-corrected chi connectivity index (χ2v) is 5.54. The third kappa shape index (κ3) is 5.09. The van der Waals surface area contributed by atoms with Crippen LogP contribution in [-0.4, -0.2) is 17.5 Å². The van der Waals surface area contributed by atoms with E-state index in [-0.39, 0.29) is 12.3 Å². The third-order valence-electron chi connectivity index (χ3n) is 2.89. The van der Waals surface area contributed by atoms with Gasteiger partial charge in [0.15, 0.2) is 0 Å². The van der Waals surface area contributed by atoms with Crippen molar-refractivity contribution in [3.63, 3.8) is 0 Å². The van der Waals surface area contributed by atoms with E-state index >= 15 is 0 Å². The van der Waals surface area contributed by atoms with Crippen LogP contribution in [0.5, 0.6) is 5.75 Å². The largest absolute Gasteiger partial charge is 0.493 e. The molecule has 0 unspecified atom stereocenters. The van der Waals surface area contributed by atoms with Crippen molar-refractivity contribution in [2.45, 2.75) is 20.3 Å². The number of anilines is 2. The Morgan fingerprint density at radius 1 is 1.32 bits per heavy atom. The van der Waals surface area contributed by atoms with Crippen molar-refractivity contribution in [2.75, 3.05) is 17.7 Å². The highest BCUT2D eigenvalue weighted by atomic mass is 16.5. The highest BCUT2D eigenvalue weighted by Crippen LogP contribution is 2.18. The zero-order chi connectivity index (χ0) is 15.9. The van der Waals surface area contributed by atoms with Crippen LogP contribution in [0.25, 0.3) is 0 Å². The van der Waals surface area contributed by atoms with Crippen LogP contribution >= 0.6 is 0 Å². The monoisotopic (exact) mass is 299 g/mol. The van der Waals surface area contributed by atoms with Gasteiger partial charge in [-0.15, -0.1) is 0 Å². The van der Waals surface area contributed by atoms with Crippen molar-refractivity contribution in [2.24, 2.45) is 5.92 Å². The number of hydrogen-bond donors (Lipinski definition) is 2. The minimum Gasteiger partial charge on any atom is -0.493 e. The van der Waals surface area contributed by atoms with E-state index in [0.717, 1.165) is 5.75 Å². The zero-order valence-corrected chi connectivity index (χ0v) is 12.9. The number of pyridine rings is 1. The Labute approximate surface area is 130 Å². The number of benzene rings is 1. The van der Waals surface area contributed by atoms with Gasteiger partial charge in [0, 0.05) is 17.4 Å². The number of aromatic nitrogens is 1. The van der Waals surface area contributed by atoms with Crippen LogP contribution in [0.2, 0.25) is 0 Å². The standard InChI is InChI=1S/C17H21N3O2/c1-12(2)11-22-16-5-3-4-15(8-16)20-17(21)9-14-7-6-13(18)10-19-14/h3-8,10,12H,9,11,18H2,1-2H3,(H,20,21). The molecule has 1 aromatic heterocycles. The number of nitrogens with zero attached hydrogens (tertiary/aromatic N) is 1. The fourth-order valence-electron chi connectivity index (χ4n) is 1.84. The van der Waals surface area contributed by atoms with E-state index in [1.165, 1.54) is 0 Å². The SMILES string of the molecule is CC(C)COc1cccc(NC(=O)Cc2ccc(N)cn2)c1. The summed E-state index contributed by atoms with van der Waals surface area (Å²) in [5.74, 6) is 1.07. The number of hydrogen-bond acceptors (Lipinski definition) is 4.